The number of rotatable bonds is 4. The predicted molar refractivity (Wildman–Crippen MR) is 73.0 cm³/mol. The molecule has 6 nitrogen and oxygen atoms in total. The number of nitrogens with zero attached hydrogens (tertiary/aromatic N) is 2. The van der Waals surface area contributed by atoms with Crippen molar-refractivity contribution in [2.24, 2.45) is 5.10 Å². The molecule has 2 rings (SSSR count). The van der Waals surface area contributed by atoms with E-state index in [1.807, 2.05) is 0 Å². The Morgan fingerprint density at radius 1 is 1.26 bits per heavy atom. The van der Waals surface area contributed by atoms with E-state index in [4.69, 9.17) is 27.6 Å². The van der Waals surface area contributed by atoms with Gasteiger partial charge in [-0.15, -0.1) is 0 Å². The monoisotopic (exact) mass is 299 g/mol. The number of halogens is 2. The molecule has 1 heterocycles. The second-order valence-corrected chi connectivity index (χ2v) is 4.25. The van der Waals surface area contributed by atoms with Gasteiger partial charge in [0.1, 0.15) is 4.92 Å². The first-order chi connectivity index (χ1) is 9.06. The first kappa shape index (κ1) is 13.4. The fraction of sp³-hybridized carbons (Fsp3) is 0. The van der Waals surface area contributed by atoms with E-state index < -0.39 is 4.92 Å². The van der Waals surface area contributed by atoms with Crippen molar-refractivity contribution in [2.45, 2.75) is 0 Å². The highest BCUT2D eigenvalue weighted by molar-refractivity contribution is 6.42. The Hall–Kier alpha value is -2.05. The first-order valence-electron chi connectivity index (χ1n) is 5.04. The standard InChI is InChI=1S/C11H7Cl2N3O3/c12-9-3-1-7(5-10(9)13)15-14-6-8-2-4-11(19-8)16(17)18/h1-6,15H/b14-6+. The minimum Gasteiger partial charge on any atom is -0.400 e. The maximum absolute atomic E-state index is 10.4. The summed E-state index contributed by atoms with van der Waals surface area (Å²) in [5, 5.41) is 15.1. The molecule has 0 saturated heterocycles. The Labute approximate surface area is 117 Å². The van der Waals surface area contributed by atoms with Gasteiger partial charge in [0.2, 0.25) is 0 Å². The quantitative estimate of drug-likeness (QED) is 0.527. The summed E-state index contributed by atoms with van der Waals surface area (Å²) < 4.78 is 4.89. The number of anilines is 1. The van der Waals surface area contributed by atoms with E-state index in [-0.39, 0.29) is 11.6 Å². The maximum Gasteiger partial charge on any atom is 0.433 e. The van der Waals surface area contributed by atoms with Crippen LogP contribution in [0.15, 0.2) is 39.9 Å². The minimum absolute atomic E-state index is 0.263. The van der Waals surface area contributed by atoms with Gasteiger partial charge in [0, 0.05) is 0 Å². The van der Waals surface area contributed by atoms with E-state index in [1.165, 1.54) is 18.3 Å². The van der Waals surface area contributed by atoms with Gasteiger partial charge in [0.05, 0.1) is 28.0 Å². The lowest BCUT2D eigenvalue weighted by molar-refractivity contribution is -0.402. The van der Waals surface area contributed by atoms with Crippen LogP contribution in [0.2, 0.25) is 10.0 Å². The Morgan fingerprint density at radius 2 is 2.05 bits per heavy atom. The average molecular weight is 300 g/mol. The summed E-state index contributed by atoms with van der Waals surface area (Å²) in [6.07, 6.45) is 1.31. The highest BCUT2D eigenvalue weighted by Crippen LogP contribution is 2.24. The molecule has 0 spiro atoms. The van der Waals surface area contributed by atoms with Crippen LogP contribution in [0.5, 0.6) is 0 Å². The predicted octanol–water partition coefficient (Wildman–Crippen LogP) is 3.94. The van der Waals surface area contributed by atoms with Crippen LogP contribution in [-0.2, 0) is 0 Å². The molecule has 98 valence electrons. The average Bonchev–Trinajstić information content (AvgIpc) is 2.83. The summed E-state index contributed by atoms with van der Waals surface area (Å²) in [5.41, 5.74) is 3.33. The smallest absolute Gasteiger partial charge is 0.400 e. The normalized spacial score (nSPS) is 10.8. The van der Waals surface area contributed by atoms with Crippen molar-refractivity contribution in [3.05, 3.63) is 56.3 Å². The first-order valence-corrected chi connectivity index (χ1v) is 5.80. The van der Waals surface area contributed by atoms with Crippen LogP contribution in [0.3, 0.4) is 0 Å². The molecule has 1 aromatic heterocycles. The molecule has 0 amide bonds. The highest BCUT2D eigenvalue weighted by atomic mass is 35.5. The molecule has 0 aliphatic carbocycles. The molecule has 0 aliphatic rings. The molecule has 0 saturated carbocycles. The Morgan fingerprint density at radius 3 is 2.68 bits per heavy atom. The molecule has 19 heavy (non-hydrogen) atoms. The van der Waals surface area contributed by atoms with Crippen molar-refractivity contribution >= 4 is 41.0 Å². The van der Waals surface area contributed by atoms with Gasteiger partial charge >= 0.3 is 5.88 Å². The fourth-order valence-electron chi connectivity index (χ4n) is 1.25. The molecular weight excluding hydrogens is 293 g/mol. The summed E-state index contributed by atoms with van der Waals surface area (Å²) in [6.45, 7) is 0. The van der Waals surface area contributed by atoms with Crippen molar-refractivity contribution in [2.75, 3.05) is 5.43 Å². The van der Waals surface area contributed by atoms with Gasteiger partial charge in [-0.25, -0.2) is 0 Å². The molecule has 1 aromatic carbocycles. The SMILES string of the molecule is O=[N+]([O-])c1ccc(/C=N/Nc2ccc(Cl)c(Cl)c2)o1. The lowest BCUT2D eigenvalue weighted by Gasteiger charge is -2.01. The minimum atomic E-state index is -0.621. The molecule has 0 aliphatic heterocycles. The van der Waals surface area contributed by atoms with Crippen LogP contribution in [-0.4, -0.2) is 11.1 Å². The number of nitrogens with one attached hydrogen (secondary N) is 1. The zero-order valence-electron chi connectivity index (χ0n) is 9.34. The molecule has 0 unspecified atom stereocenters. The third kappa shape index (κ3) is 3.46. The molecule has 0 atom stereocenters. The van der Waals surface area contributed by atoms with Crippen LogP contribution < -0.4 is 5.43 Å². The summed E-state index contributed by atoms with van der Waals surface area (Å²) in [6, 6.07) is 7.61. The van der Waals surface area contributed by atoms with Gasteiger partial charge in [-0.3, -0.25) is 15.5 Å². The van der Waals surface area contributed by atoms with E-state index in [0.29, 0.717) is 15.7 Å². The van der Waals surface area contributed by atoms with Crippen LogP contribution in [0, 0.1) is 10.1 Å². The van der Waals surface area contributed by atoms with Crippen molar-refractivity contribution in [3.63, 3.8) is 0 Å². The second-order valence-electron chi connectivity index (χ2n) is 3.43. The van der Waals surface area contributed by atoms with Crippen molar-refractivity contribution in [1.29, 1.82) is 0 Å². The van der Waals surface area contributed by atoms with Crippen LogP contribution in [0.25, 0.3) is 0 Å². The number of hydrazone groups is 1. The Kier molecular flexibility index (Phi) is 4.03. The van der Waals surface area contributed by atoms with Gasteiger partial charge in [-0.2, -0.15) is 5.10 Å². The molecule has 2 aromatic rings. The molecular formula is C11H7Cl2N3O3. The number of hydrogen-bond donors (Lipinski definition) is 1. The van der Waals surface area contributed by atoms with E-state index >= 15 is 0 Å². The topological polar surface area (TPSA) is 80.7 Å². The summed E-state index contributed by atoms with van der Waals surface area (Å²) in [5.74, 6) is -0.0738. The largest absolute Gasteiger partial charge is 0.433 e. The summed E-state index contributed by atoms with van der Waals surface area (Å²) in [4.78, 5) is 9.78. The fourth-order valence-corrected chi connectivity index (χ4v) is 1.54. The second kappa shape index (κ2) is 5.73. The van der Waals surface area contributed by atoms with Gasteiger partial charge in [0.15, 0.2) is 5.76 Å². The Bertz CT molecular complexity index is 640. The highest BCUT2D eigenvalue weighted by Gasteiger charge is 2.10. The zero-order chi connectivity index (χ0) is 13.8. The van der Waals surface area contributed by atoms with E-state index in [1.54, 1.807) is 18.2 Å². The number of benzene rings is 1. The van der Waals surface area contributed by atoms with Gasteiger partial charge in [-0.1, -0.05) is 23.2 Å². The van der Waals surface area contributed by atoms with Crippen LogP contribution in [0.1, 0.15) is 5.76 Å². The molecule has 0 radical (unpaired) electrons. The van der Waals surface area contributed by atoms with Gasteiger partial charge in [-0.05, 0) is 24.3 Å². The van der Waals surface area contributed by atoms with Crippen LogP contribution >= 0.6 is 23.2 Å². The van der Waals surface area contributed by atoms with Crippen LogP contribution in [0.4, 0.5) is 11.6 Å². The molecule has 1 N–H and O–H groups in total. The third-order valence-electron chi connectivity index (χ3n) is 2.10. The van der Waals surface area contributed by atoms with Gasteiger partial charge in [0.25, 0.3) is 0 Å². The van der Waals surface area contributed by atoms with E-state index in [0.717, 1.165) is 0 Å². The lowest BCUT2D eigenvalue weighted by atomic mass is 10.3. The summed E-state index contributed by atoms with van der Waals surface area (Å²) in [7, 11) is 0. The molecule has 0 fully saturated rings. The van der Waals surface area contributed by atoms with Crippen molar-refractivity contribution in [1.82, 2.24) is 0 Å². The lowest BCUT2D eigenvalue weighted by Crippen LogP contribution is -1.89. The van der Waals surface area contributed by atoms with E-state index in [9.17, 15) is 10.1 Å². The Balaban J connectivity index is 2.02. The summed E-state index contributed by atoms with van der Waals surface area (Å²) >= 11 is 11.6. The van der Waals surface area contributed by atoms with E-state index in [2.05, 4.69) is 10.5 Å². The number of hydrogen-bond acceptors (Lipinski definition) is 5. The van der Waals surface area contributed by atoms with Crippen molar-refractivity contribution in [3.8, 4) is 0 Å². The molecule has 8 heteroatoms. The maximum atomic E-state index is 10.4. The zero-order valence-corrected chi connectivity index (χ0v) is 10.9. The van der Waals surface area contributed by atoms with Gasteiger partial charge < -0.3 is 4.42 Å². The molecule has 0 bridgehead atoms. The number of furan rings is 1. The third-order valence-corrected chi connectivity index (χ3v) is 2.84. The van der Waals surface area contributed by atoms with Crippen molar-refractivity contribution < 1.29 is 9.34 Å². The number of nitro groups is 1.